The van der Waals surface area contributed by atoms with Gasteiger partial charge in [0.15, 0.2) is 11.7 Å². The Morgan fingerprint density at radius 1 is 1.37 bits per heavy atom. The van der Waals surface area contributed by atoms with Crippen LogP contribution in [0.5, 0.6) is 0 Å². The molecule has 0 spiro atoms. The maximum Gasteiger partial charge on any atom is 0.223 e. The van der Waals surface area contributed by atoms with Gasteiger partial charge in [-0.05, 0) is 24.0 Å². The molecule has 1 aromatic carbocycles. The van der Waals surface area contributed by atoms with Crippen molar-refractivity contribution < 1.29 is 13.6 Å². The maximum absolute atomic E-state index is 13.8. The van der Waals surface area contributed by atoms with Crippen molar-refractivity contribution in [2.45, 2.75) is 39.2 Å². The number of carbonyl (C=O) groups excluding carboxylic acids is 1. The number of nitrogens with zero attached hydrogens (tertiary/aromatic N) is 2. The number of oxazole rings is 1. The van der Waals surface area contributed by atoms with Crippen molar-refractivity contribution in [3.05, 3.63) is 42.2 Å². The van der Waals surface area contributed by atoms with Crippen LogP contribution in [0.15, 0.2) is 34.9 Å². The second-order valence-corrected chi connectivity index (χ2v) is 7.30. The summed E-state index contributed by atoms with van der Waals surface area (Å²) in [7, 11) is 0. The average Bonchev–Trinajstić information content (AvgIpc) is 3.04. The molecule has 1 aromatic heterocycles. The minimum Gasteiger partial charge on any atom is -0.441 e. The van der Waals surface area contributed by atoms with Gasteiger partial charge in [-0.15, -0.1) is 24.8 Å². The van der Waals surface area contributed by atoms with Crippen molar-refractivity contribution >= 4 is 30.7 Å². The lowest BCUT2D eigenvalue weighted by molar-refractivity contribution is -0.134. The van der Waals surface area contributed by atoms with E-state index in [1.807, 2.05) is 4.90 Å². The number of nitrogens with two attached hydrogens (primary N) is 1. The third kappa shape index (κ3) is 5.43. The Morgan fingerprint density at radius 2 is 2.07 bits per heavy atom. The van der Waals surface area contributed by atoms with Crippen molar-refractivity contribution in [1.29, 1.82) is 0 Å². The summed E-state index contributed by atoms with van der Waals surface area (Å²) in [6, 6.07) is 6.51. The molecule has 3 rings (SSSR count). The van der Waals surface area contributed by atoms with Crippen LogP contribution in [-0.4, -0.2) is 34.9 Å². The van der Waals surface area contributed by atoms with Gasteiger partial charge in [-0.25, -0.2) is 9.37 Å². The van der Waals surface area contributed by atoms with E-state index in [0.717, 1.165) is 6.42 Å². The number of amides is 1. The zero-order valence-corrected chi connectivity index (χ0v) is 17.1. The molecular weight excluding hydrogens is 392 g/mol. The van der Waals surface area contributed by atoms with E-state index in [0.29, 0.717) is 43.1 Å². The Hall–Kier alpha value is -1.63. The molecule has 1 atom stereocenters. The number of benzene rings is 1. The second-order valence-electron chi connectivity index (χ2n) is 7.30. The number of aryl methyl sites for hydroxylation is 1. The van der Waals surface area contributed by atoms with Crippen LogP contribution >= 0.6 is 24.8 Å². The van der Waals surface area contributed by atoms with Gasteiger partial charge in [-0.3, -0.25) is 4.79 Å². The first-order chi connectivity index (χ1) is 11.9. The standard InChI is InChI=1S/C19H24FN3O2.2ClH/c1-19(2)12-23(10-9-16(19)21)18(24)8-7-17-22-11-15(25-17)13-5-3-4-6-14(13)20;;/h3-6,11,16H,7-10,12,21H2,1-2H3;2*1H. The van der Waals surface area contributed by atoms with E-state index in [2.05, 4.69) is 18.8 Å². The lowest BCUT2D eigenvalue weighted by atomic mass is 9.79. The number of rotatable bonds is 4. The molecule has 2 heterocycles. The van der Waals surface area contributed by atoms with Crippen molar-refractivity contribution in [3.63, 3.8) is 0 Å². The molecule has 5 nitrogen and oxygen atoms in total. The maximum atomic E-state index is 13.8. The number of piperidine rings is 1. The highest BCUT2D eigenvalue weighted by atomic mass is 35.5. The summed E-state index contributed by atoms with van der Waals surface area (Å²) in [5.41, 5.74) is 6.42. The number of halogens is 3. The molecule has 1 fully saturated rings. The van der Waals surface area contributed by atoms with Gasteiger partial charge in [0, 0.05) is 32.0 Å². The Kier molecular flexibility index (Phi) is 8.26. The number of likely N-dealkylation sites (tertiary alicyclic amines) is 1. The zero-order chi connectivity index (χ0) is 18.0. The van der Waals surface area contributed by atoms with Gasteiger partial charge in [0.25, 0.3) is 0 Å². The van der Waals surface area contributed by atoms with Gasteiger partial charge in [0.2, 0.25) is 5.91 Å². The summed E-state index contributed by atoms with van der Waals surface area (Å²) < 4.78 is 19.4. The third-order valence-electron chi connectivity index (χ3n) is 4.91. The molecule has 1 amide bonds. The molecule has 1 aliphatic heterocycles. The van der Waals surface area contributed by atoms with Gasteiger partial charge in [0.1, 0.15) is 5.82 Å². The van der Waals surface area contributed by atoms with Crippen molar-refractivity contribution in [1.82, 2.24) is 9.88 Å². The monoisotopic (exact) mass is 417 g/mol. The Morgan fingerprint density at radius 3 is 2.74 bits per heavy atom. The van der Waals surface area contributed by atoms with Crippen LogP contribution in [0, 0.1) is 11.2 Å². The molecule has 1 saturated heterocycles. The van der Waals surface area contributed by atoms with E-state index >= 15 is 0 Å². The molecule has 0 saturated carbocycles. The first-order valence-corrected chi connectivity index (χ1v) is 8.60. The zero-order valence-electron chi connectivity index (χ0n) is 15.5. The van der Waals surface area contributed by atoms with Crippen molar-refractivity contribution in [2.24, 2.45) is 11.1 Å². The van der Waals surface area contributed by atoms with Gasteiger partial charge < -0.3 is 15.1 Å². The first-order valence-electron chi connectivity index (χ1n) is 8.60. The van der Waals surface area contributed by atoms with Crippen LogP contribution in [0.1, 0.15) is 32.6 Å². The van der Waals surface area contributed by atoms with Crippen molar-refractivity contribution in [2.75, 3.05) is 13.1 Å². The predicted octanol–water partition coefficient (Wildman–Crippen LogP) is 3.84. The van der Waals surface area contributed by atoms with Crippen LogP contribution in [0.25, 0.3) is 11.3 Å². The molecule has 0 aliphatic carbocycles. The highest BCUT2D eigenvalue weighted by Crippen LogP contribution is 2.28. The van der Waals surface area contributed by atoms with E-state index in [1.54, 1.807) is 18.2 Å². The Balaban J connectivity index is 0.00000182. The smallest absolute Gasteiger partial charge is 0.223 e. The molecule has 8 heteroatoms. The highest BCUT2D eigenvalue weighted by Gasteiger charge is 2.35. The summed E-state index contributed by atoms with van der Waals surface area (Å²) in [5, 5.41) is 0. The fraction of sp³-hybridized carbons (Fsp3) is 0.474. The SMILES string of the molecule is CC1(C)CN(C(=O)CCc2ncc(-c3ccccc3F)o2)CCC1N.Cl.Cl. The van der Waals surface area contributed by atoms with Crippen LogP contribution in [0.2, 0.25) is 0 Å². The van der Waals surface area contributed by atoms with E-state index in [1.165, 1.54) is 12.3 Å². The number of hydrogen-bond acceptors (Lipinski definition) is 4. The Labute approximate surface area is 171 Å². The Bertz CT molecular complexity index is 767. The van der Waals surface area contributed by atoms with Gasteiger partial charge in [-0.2, -0.15) is 0 Å². The number of hydrogen-bond donors (Lipinski definition) is 1. The topological polar surface area (TPSA) is 72.4 Å². The summed E-state index contributed by atoms with van der Waals surface area (Å²) in [6.45, 7) is 5.53. The van der Waals surface area contributed by atoms with Crippen LogP contribution in [-0.2, 0) is 11.2 Å². The van der Waals surface area contributed by atoms with E-state index in [-0.39, 0.29) is 48.0 Å². The van der Waals surface area contributed by atoms with Gasteiger partial charge >= 0.3 is 0 Å². The summed E-state index contributed by atoms with van der Waals surface area (Å²) in [6.07, 6.45) is 3.04. The van der Waals surface area contributed by atoms with Gasteiger partial charge in [0.05, 0.1) is 11.8 Å². The normalized spacial score (nSPS) is 18.4. The van der Waals surface area contributed by atoms with Crippen molar-refractivity contribution in [3.8, 4) is 11.3 Å². The van der Waals surface area contributed by atoms with E-state index < -0.39 is 0 Å². The third-order valence-corrected chi connectivity index (χ3v) is 4.91. The average molecular weight is 418 g/mol. The second kappa shape index (κ2) is 9.53. The largest absolute Gasteiger partial charge is 0.441 e. The van der Waals surface area contributed by atoms with Crippen LogP contribution in [0.4, 0.5) is 4.39 Å². The van der Waals surface area contributed by atoms with E-state index in [4.69, 9.17) is 10.2 Å². The summed E-state index contributed by atoms with van der Waals surface area (Å²) >= 11 is 0. The fourth-order valence-corrected chi connectivity index (χ4v) is 3.17. The summed E-state index contributed by atoms with van der Waals surface area (Å²) in [5.74, 6) is 0.545. The predicted molar refractivity (Wildman–Crippen MR) is 108 cm³/mol. The van der Waals surface area contributed by atoms with Gasteiger partial charge in [-0.1, -0.05) is 26.0 Å². The number of aromatic nitrogens is 1. The molecule has 1 unspecified atom stereocenters. The highest BCUT2D eigenvalue weighted by molar-refractivity contribution is 5.85. The molecule has 0 bridgehead atoms. The van der Waals surface area contributed by atoms with E-state index in [9.17, 15) is 9.18 Å². The fourth-order valence-electron chi connectivity index (χ4n) is 3.17. The summed E-state index contributed by atoms with van der Waals surface area (Å²) in [4.78, 5) is 18.5. The van der Waals surface area contributed by atoms with Crippen LogP contribution in [0.3, 0.4) is 0 Å². The minimum absolute atomic E-state index is 0. The molecule has 27 heavy (non-hydrogen) atoms. The lowest BCUT2D eigenvalue weighted by Crippen LogP contribution is -2.54. The molecule has 150 valence electrons. The minimum atomic E-state index is -0.354. The lowest BCUT2D eigenvalue weighted by Gasteiger charge is -2.42. The number of carbonyl (C=O) groups is 1. The quantitative estimate of drug-likeness (QED) is 0.819. The van der Waals surface area contributed by atoms with Crippen LogP contribution < -0.4 is 5.73 Å². The molecule has 2 aromatic rings. The molecule has 0 radical (unpaired) electrons. The molecular formula is C19H26Cl2FN3O2. The first kappa shape index (κ1) is 23.4. The molecule has 1 aliphatic rings. The molecule has 2 N–H and O–H groups in total.